The van der Waals surface area contributed by atoms with Crippen LogP contribution in [0.3, 0.4) is 0 Å². The van der Waals surface area contributed by atoms with E-state index in [0.717, 1.165) is 13.1 Å². The van der Waals surface area contributed by atoms with E-state index in [4.69, 9.17) is 0 Å². The predicted molar refractivity (Wildman–Crippen MR) is 47.3 cm³/mol. The summed E-state index contributed by atoms with van der Waals surface area (Å²) in [5.74, 6) is 0. The van der Waals surface area contributed by atoms with E-state index in [0.29, 0.717) is 0 Å². The second kappa shape index (κ2) is 6.57. The summed E-state index contributed by atoms with van der Waals surface area (Å²) in [4.78, 5) is 2.27. The minimum atomic E-state index is -3.67. The van der Waals surface area contributed by atoms with Crippen LogP contribution in [0.4, 0.5) is 13.2 Å². The molecule has 0 aromatic heterocycles. The summed E-state index contributed by atoms with van der Waals surface area (Å²) in [5, 5.41) is 0. The van der Waals surface area contributed by atoms with Gasteiger partial charge in [0.25, 0.3) is 0 Å². The van der Waals surface area contributed by atoms with Crippen LogP contribution in [0.1, 0.15) is 13.8 Å². The van der Waals surface area contributed by atoms with Crippen molar-refractivity contribution < 1.29 is 13.2 Å². The summed E-state index contributed by atoms with van der Waals surface area (Å²) in [6, 6.07) is 0. The average Bonchev–Trinajstić information content (AvgIpc) is 2.05. The van der Waals surface area contributed by atoms with Gasteiger partial charge in [0, 0.05) is 13.1 Å². The highest BCUT2D eigenvalue weighted by Crippen LogP contribution is 2.04. The molecular weight excluding hydrogens is 179 g/mol. The molecule has 1 heterocycles. The first-order chi connectivity index (χ1) is 6.06. The molecule has 1 aliphatic rings. The normalized spacial score (nSPS) is 15.2. The second-order valence-corrected chi connectivity index (χ2v) is 2.60. The molecule has 0 saturated carbocycles. The monoisotopic (exact) mass is 193 g/mol. The molecule has 0 unspecified atom stereocenters. The molecule has 0 N–H and O–H groups in total. The Morgan fingerprint density at radius 3 is 2.31 bits per heavy atom. The molecule has 0 bridgehead atoms. The number of hydrogen-bond acceptors (Lipinski definition) is 1. The van der Waals surface area contributed by atoms with Gasteiger partial charge in [0.05, 0.1) is 0 Å². The van der Waals surface area contributed by atoms with Crippen LogP contribution in [0.25, 0.3) is 0 Å². The molecule has 0 aromatic carbocycles. The van der Waals surface area contributed by atoms with E-state index in [-0.39, 0.29) is 0 Å². The lowest BCUT2D eigenvalue weighted by atomic mass is 10.2. The summed E-state index contributed by atoms with van der Waals surface area (Å²) < 4.78 is 29.0. The molecule has 1 nitrogen and oxygen atoms in total. The summed E-state index contributed by atoms with van der Waals surface area (Å²) in [7, 11) is 0. The molecule has 1 rings (SSSR count). The van der Waals surface area contributed by atoms with Crippen LogP contribution in [0.5, 0.6) is 0 Å². The predicted octanol–water partition coefficient (Wildman–Crippen LogP) is 2.96. The fraction of sp³-hybridized carbons (Fsp3) is 0.556. The molecule has 76 valence electrons. The number of hydrogen-bond donors (Lipinski definition) is 0. The fourth-order valence-corrected chi connectivity index (χ4v) is 0.848. The molecule has 0 amide bonds. The zero-order chi connectivity index (χ0) is 10.3. The van der Waals surface area contributed by atoms with Crippen LogP contribution in [0.15, 0.2) is 23.9 Å². The maximum atomic E-state index is 9.67. The quantitative estimate of drug-likeness (QED) is 0.618. The third-order valence-corrected chi connectivity index (χ3v) is 1.60. The van der Waals surface area contributed by atoms with Gasteiger partial charge in [0.2, 0.25) is 0 Å². The first-order valence-corrected chi connectivity index (χ1v) is 4.07. The van der Waals surface area contributed by atoms with E-state index in [2.05, 4.69) is 37.1 Å². The maximum absolute atomic E-state index is 9.67. The molecule has 1 aliphatic heterocycles. The van der Waals surface area contributed by atoms with Crippen molar-refractivity contribution in [1.29, 1.82) is 0 Å². The van der Waals surface area contributed by atoms with Gasteiger partial charge in [-0.3, -0.25) is 0 Å². The van der Waals surface area contributed by atoms with Gasteiger partial charge in [-0.05, 0) is 26.1 Å². The molecule has 0 aliphatic carbocycles. The highest BCUT2D eigenvalue weighted by molar-refractivity contribution is 5.19. The van der Waals surface area contributed by atoms with E-state index in [9.17, 15) is 13.2 Å². The zero-order valence-electron chi connectivity index (χ0n) is 7.80. The van der Waals surface area contributed by atoms with E-state index in [1.54, 1.807) is 0 Å². The van der Waals surface area contributed by atoms with Crippen molar-refractivity contribution >= 4 is 0 Å². The minimum absolute atomic E-state index is 1.08. The lowest BCUT2D eigenvalue weighted by molar-refractivity contribution is 0.00819. The summed E-state index contributed by atoms with van der Waals surface area (Å²) >= 11 is 0. The Morgan fingerprint density at radius 1 is 1.46 bits per heavy atom. The second-order valence-electron chi connectivity index (χ2n) is 2.60. The highest BCUT2D eigenvalue weighted by Gasteiger charge is 1.96. The Morgan fingerprint density at radius 2 is 2.00 bits per heavy atom. The van der Waals surface area contributed by atoms with Gasteiger partial charge >= 0.3 is 6.68 Å². The molecule has 0 fully saturated rings. The van der Waals surface area contributed by atoms with Gasteiger partial charge in [-0.25, -0.2) is 0 Å². The van der Waals surface area contributed by atoms with Crippen LogP contribution in [-0.4, -0.2) is 24.7 Å². The average molecular weight is 193 g/mol. The lowest BCUT2D eigenvalue weighted by Gasteiger charge is -2.19. The largest absolute Gasteiger partial charge is 0.379 e. The first kappa shape index (κ1) is 12.1. The number of rotatable bonds is 1. The van der Waals surface area contributed by atoms with Gasteiger partial charge in [0.15, 0.2) is 0 Å². The van der Waals surface area contributed by atoms with E-state index in [1.807, 2.05) is 0 Å². The van der Waals surface area contributed by atoms with E-state index in [1.165, 1.54) is 5.57 Å². The maximum Gasteiger partial charge on any atom is 0.379 e. The molecule has 13 heavy (non-hydrogen) atoms. The van der Waals surface area contributed by atoms with E-state index < -0.39 is 6.68 Å². The third-order valence-electron chi connectivity index (χ3n) is 1.60. The van der Waals surface area contributed by atoms with Gasteiger partial charge in [-0.2, -0.15) is 13.2 Å². The summed E-state index contributed by atoms with van der Waals surface area (Å²) in [5.41, 5.74) is 1.37. The van der Waals surface area contributed by atoms with Crippen molar-refractivity contribution in [3.05, 3.63) is 23.9 Å². The van der Waals surface area contributed by atoms with Crippen molar-refractivity contribution in [2.45, 2.75) is 20.5 Å². The van der Waals surface area contributed by atoms with Crippen molar-refractivity contribution in [1.82, 2.24) is 4.90 Å². The minimum Gasteiger partial charge on any atom is -0.374 e. The molecule has 0 radical (unpaired) electrons. The van der Waals surface area contributed by atoms with Gasteiger partial charge < -0.3 is 4.90 Å². The first-order valence-electron chi connectivity index (χ1n) is 4.07. The number of likely N-dealkylation sites (N-methyl/N-ethyl adjacent to an activating group) is 1. The Balaban J connectivity index is 0.000000310. The Labute approximate surface area is 76.5 Å². The Hall–Kier alpha value is -0.930. The van der Waals surface area contributed by atoms with Gasteiger partial charge in [-0.15, -0.1) is 0 Å². The van der Waals surface area contributed by atoms with Crippen molar-refractivity contribution in [2.24, 2.45) is 0 Å². The van der Waals surface area contributed by atoms with Crippen LogP contribution in [-0.2, 0) is 0 Å². The number of halogens is 3. The fourth-order valence-electron chi connectivity index (χ4n) is 0.848. The topological polar surface area (TPSA) is 3.24 Å². The Kier molecular flexibility index (Phi) is 6.10. The molecular formula is C9H14F3N. The molecule has 0 saturated heterocycles. The van der Waals surface area contributed by atoms with Crippen molar-refractivity contribution in [2.75, 3.05) is 13.1 Å². The van der Waals surface area contributed by atoms with E-state index >= 15 is 0 Å². The number of nitrogens with zero attached hydrogens (tertiary/aromatic N) is 1. The van der Waals surface area contributed by atoms with Crippen molar-refractivity contribution in [3.63, 3.8) is 0 Å². The van der Waals surface area contributed by atoms with Crippen LogP contribution < -0.4 is 0 Å². The molecule has 0 aromatic rings. The third kappa shape index (κ3) is 7.43. The van der Waals surface area contributed by atoms with Gasteiger partial charge in [-0.1, -0.05) is 11.6 Å². The number of allylic oxidation sites excluding steroid dienone is 2. The number of alkyl halides is 3. The SMILES string of the molecule is CCN1C=CC(C)=CC1.FC(F)F. The Bertz CT molecular complexity index is 185. The summed E-state index contributed by atoms with van der Waals surface area (Å²) in [6.45, 7) is 2.82. The van der Waals surface area contributed by atoms with Crippen LogP contribution in [0.2, 0.25) is 0 Å². The van der Waals surface area contributed by atoms with Gasteiger partial charge in [0.1, 0.15) is 0 Å². The van der Waals surface area contributed by atoms with Crippen LogP contribution in [0, 0.1) is 0 Å². The smallest absolute Gasteiger partial charge is 0.374 e. The highest BCUT2D eigenvalue weighted by atomic mass is 19.4. The standard InChI is InChI=1S/C8H13N.CHF3/c1-3-9-6-4-8(2)5-7-9;2-1(3)4/h4-6H,3,7H2,1-2H3;1H. The van der Waals surface area contributed by atoms with Crippen LogP contribution >= 0.6 is 0 Å². The molecule has 0 spiro atoms. The summed E-state index contributed by atoms with van der Waals surface area (Å²) in [6.07, 6.45) is 6.53. The molecule has 0 atom stereocenters. The van der Waals surface area contributed by atoms with Crippen molar-refractivity contribution in [3.8, 4) is 0 Å². The zero-order valence-corrected chi connectivity index (χ0v) is 7.80. The molecule has 4 heteroatoms. The lowest BCUT2D eigenvalue weighted by Crippen LogP contribution is -2.18.